The molecule has 4 fully saturated rings. The minimum atomic E-state index is -0.773. The Morgan fingerprint density at radius 3 is 1.96 bits per heavy atom. The number of anilines is 1. The highest BCUT2D eigenvalue weighted by atomic mass is 16.5. The number of carbonyl (C=O) groups is 2. The molecule has 0 aliphatic heterocycles. The van der Waals surface area contributed by atoms with Gasteiger partial charge in [-0.05, 0) is 95.1 Å². The van der Waals surface area contributed by atoms with Gasteiger partial charge in [-0.15, -0.1) is 0 Å². The van der Waals surface area contributed by atoms with Gasteiger partial charge in [-0.2, -0.15) is 0 Å². The Labute approximate surface area is 162 Å². The number of esters is 1. The van der Waals surface area contributed by atoms with Gasteiger partial charge in [0, 0.05) is 5.69 Å². The average molecular weight is 370 g/mol. The number of hydrogen-bond donors (Lipinski definition) is 1. The van der Waals surface area contributed by atoms with Gasteiger partial charge in [-0.1, -0.05) is 17.7 Å². The highest BCUT2D eigenvalue weighted by Crippen LogP contribution is 2.60. The second kappa shape index (κ2) is 6.65. The molecule has 1 amide bonds. The van der Waals surface area contributed by atoms with Crippen LogP contribution in [0.15, 0.2) is 12.1 Å². The summed E-state index contributed by atoms with van der Waals surface area (Å²) < 4.78 is 5.72. The van der Waals surface area contributed by atoms with Crippen molar-refractivity contribution in [2.45, 2.75) is 72.3 Å². The molecule has 1 atom stereocenters. The first-order valence-corrected chi connectivity index (χ1v) is 10.4. The Hall–Kier alpha value is -1.84. The van der Waals surface area contributed by atoms with E-state index in [-0.39, 0.29) is 17.3 Å². The van der Waals surface area contributed by atoms with Gasteiger partial charge in [-0.3, -0.25) is 9.59 Å². The third-order valence-corrected chi connectivity index (χ3v) is 7.05. The van der Waals surface area contributed by atoms with Gasteiger partial charge >= 0.3 is 5.97 Å². The first-order chi connectivity index (χ1) is 12.8. The van der Waals surface area contributed by atoms with Crippen LogP contribution in [0.1, 0.15) is 62.1 Å². The fourth-order valence-corrected chi connectivity index (χ4v) is 6.30. The summed E-state index contributed by atoms with van der Waals surface area (Å²) in [6.07, 6.45) is 5.97. The summed E-state index contributed by atoms with van der Waals surface area (Å²) >= 11 is 0. The van der Waals surface area contributed by atoms with Crippen LogP contribution in [0, 0.1) is 43.9 Å². The SMILES string of the molecule is Cc1cc(C)c(NC(=O)[C@@H](C)OC(=O)C23CC4CC(CC(C4)C2)C3)c(C)c1. The fourth-order valence-electron chi connectivity index (χ4n) is 6.30. The minimum absolute atomic E-state index is 0.137. The van der Waals surface area contributed by atoms with E-state index in [4.69, 9.17) is 4.74 Å². The van der Waals surface area contributed by atoms with E-state index in [2.05, 4.69) is 17.4 Å². The van der Waals surface area contributed by atoms with Crippen LogP contribution in [0.25, 0.3) is 0 Å². The van der Waals surface area contributed by atoms with Crippen LogP contribution in [0.3, 0.4) is 0 Å². The van der Waals surface area contributed by atoms with Crippen molar-refractivity contribution in [3.05, 3.63) is 28.8 Å². The van der Waals surface area contributed by atoms with E-state index in [9.17, 15) is 9.59 Å². The molecular weight excluding hydrogens is 338 g/mol. The molecule has 0 spiro atoms. The first kappa shape index (κ1) is 18.5. The molecule has 146 valence electrons. The zero-order chi connectivity index (χ0) is 19.3. The van der Waals surface area contributed by atoms with Crippen molar-refractivity contribution in [3.63, 3.8) is 0 Å². The van der Waals surface area contributed by atoms with Gasteiger partial charge in [-0.25, -0.2) is 0 Å². The van der Waals surface area contributed by atoms with Crippen LogP contribution in [-0.4, -0.2) is 18.0 Å². The molecule has 4 saturated carbocycles. The third-order valence-electron chi connectivity index (χ3n) is 7.05. The standard InChI is InChI=1S/C23H31NO3/c1-13-5-14(2)20(15(3)6-13)24-21(25)16(4)27-22(26)23-10-17-7-18(11-23)9-19(8-17)12-23/h5-6,16-19H,7-12H2,1-4H3,(H,24,25)/t16-,17?,18?,19?,23?/m1/s1. The van der Waals surface area contributed by atoms with Gasteiger partial charge < -0.3 is 10.1 Å². The minimum Gasteiger partial charge on any atom is -0.452 e. The Kier molecular flexibility index (Phi) is 4.56. The molecule has 4 aliphatic rings. The van der Waals surface area contributed by atoms with Crippen molar-refractivity contribution >= 4 is 17.6 Å². The summed E-state index contributed by atoms with van der Waals surface area (Å²) in [5.41, 5.74) is 3.73. The molecule has 1 N–H and O–H groups in total. The molecule has 1 aromatic rings. The molecule has 4 bridgehead atoms. The summed E-state index contributed by atoms with van der Waals surface area (Å²) in [5.74, 6) is 1.67. The number of amides is 1. The number of ether oxygens (including phenoxy) is 1. The summed E-state index contributed by atoms with van der Waals surface area (Å²) in [7, 11) is 0. The van der Waals surface area contributed by atoms with Crippen molar-refractivity contribution in [1.82, 2.24) is 0 Å². The predicted octanol–water partition coefficient (Wildman–Crippen LogP) is 4.70. The quantitative estimate of drug-likeness (QED) is 0.783. The molecule has 0 unspecified atom stereocenters. The second-order valence-corrected chi connectivity index (χ2v) is 9.51. The highest BCUT2D eigenvalue weighted by Gasteiger charge is 2.55. The highest BCUT2D eigenvalue weighted by molar-refractivity contribution is 5.96. The molecule has 27 heavy (non-hydrogen) atoms. The maximum atomic E-state index is 13.0. The second-order valence-electron chi connectivity index (χ2n) is 9.51. The topological polar surface area (TPSA) is 55.4 Å². The van der Waals surface area contributed by atoms with E-state index in [0.717, 1.165) is 36.1 Å². The lowest BCUT2D eigenvalue weighted by molar-refractivity contribution is -0.177. The zero-order valence-corrected chi connectivity index (χ0v) is 16.9. The van der Waals surface area contributed by atoms with Gasteiger partial charge in [0.05, 0.1) is 5.41 Å². The molecule has 0 heterocycles. The lowest BCUT2D eigenvalue weighted by Crippen LogP contribution is -2.51. The van der Waals surface area contributed by atoms with Gasteiger partial charge in [0.1, 0.15) is 0 Å². The number of rotatable bonds is 4. The van der Waals surface area contributed by atoms with E-state index >= 15 is 0 Å². The smallest absolute Gasteiger partial charge is 0.312 e. The molecule has 4 heteroatoms. The van der Waals surface area contributed by atoms with Crippen molar-refractivity contribution in [1.29, 1.82) is 0 Å². The van der Waals surface area contributed by atoms with E-state index in [1.807, 2.05) is 20.8 Å². The molecule has 4 aliphatic carbocycles. The monoisotopic (exact) mass is 369 g/mol. The molecule has 0 saturated heterocycles. The van der Waals surface area contributed by atoms with Crippen LogP contribution < -0.4 is 5.32 Å². The molecule has 0 radical (unpaired) electrons. The summed E-state index contributed by atoms with van der Waals surface area (Å²) in [5, 5.41) is 2.97. The number of nitrogens with one attached hydrogen (secondary N) is 1. The Balaban J connectivity index is 1.42. The van der Waals surface area contributed by atoms with E-state index in [0.29, 0.717) is 17.8 Å². The van der Waals surface area contributed by atoms with Crippen LogP contribution in [0.5, 0.6) is 0 Å². The van der Waals surface area contributed by atoms with Gasteiger partial charge in [0.15, 0.2) is 6.10 Å². The number of hydrogen-bond acceptors (Lipinski definition) is 3. The maximum absolute atomic E-state index is 13.0. The molecular formula is C23H31NO3. The number of aryl methyl sites for hydroxylation is 3. The Morgan fingerprint density at radius 2 is 1.48 bits per heavy atom. The first-order valence-electron chi connectivity index (χ1n) is 10.4. The Morgan fingerprint density at radius 1 is 1.00 bits per heavy atom. The van der Waals surface area contributed by atoms with Crippen molar-refractivity contribution < 1.29 is 14.3 Å². The lowest BCUT2D eigenvalue weighted by Gasteiger charge is -2.55. The lowest BCUT2D eigenvalue weighted by atomic mass is 9.49. The summed E-state index contributed by atoms with van der Waals surface area (Å²) in [6.45, 7) is 7.71. The van der Waals surface area contributed by atoms with Crippen molar-refractivity contribution in [3.8, 4) is 0 Å². The maximum Gasteiger partial charge on any atom is 0.312 e. The predicted molar refractivity (Wildman–Crippen MR) is 105 cm³/mol. The van der Waals surface area contributed by atoms with Crippen LogP contribution >= 0.6 is 0 Å². The van der Waals surface area contributed by atoms with Gasteiger partial charge in [0.2, 0.25) is 0 Å². The van der Waals surface area contributed by atoms with Crippen molar-refractivity contribution in [2.24, 2.45) is 23.2 Å². The number of carbonyl (C=O) groups excluding carboxylic acids is 2. The van der Waals surface area contributed by atoms with Gasteiger partial charge in [0.25, 0.3) is 5.91 Å². The van der Waals surface area contributed by atoms with E-state index in [1.54, 1.807) is 6.92 Å². The summed E-state index contributed by atoms with van der Waals surface area (Å²) in [6, 6.07) is 4.10. The van der Waals surface area contributed by atoms with Crippen molar-refractivity contribution in [2.75, 3.05) is 5.32 Å². The van der Waals surface area contributed by atoms with E-state index in [1.165, 1.54) is 24.8 Å². The van der Waals surface area contributed by atoms with Crippen LogP contribution in [-0.2, 0) is 14.3 Å². The largest absolute Gasteiger partial charge is 0.452 e. The van der Waals surface area contributed by atoms with Crippen LogP contribution in [0.4, 0.5) is 5.69 Å². The average Bonchev–Trinajstić information content (AvgIpc) is 2.56. The molecule has 1 aromatic carbocycles. The molecule has 0 aromatic heterocycles. The molecule has 5 rings (SSSR count). The number of benzene rings is 1. The fraction of sp³-hybridized carbons (Fsp3) is 0.652. The zero-order valence-electron chi connectivity index (χ0n) is 16.9. The van der Waals surface area contributed by atoms with Crippen LogP contribution in [0.2, 0.25) is 0 Å². The molecule has 4 nitrogen and oxygen atoms in total. The normalized spacial score (nSPS) is 32.2. The summed E-state index contributed by atoms with van der Waals surface area (Å²) in [4.78, 5) is 25.7. The van der Waals surface area contributed by atoms with E-state index < -0.39 is 6.10 Å². The Bertz CT molecular complexity index is 724. The third kappa shape index (κ3) is 3.39.